The molecule has 1 aromatic heterocycles. The lowest BCUT2D eigenvalue weighted by Crippen LogP contribution is -2.37. The molecular formula is C14H22Cl2N4O3. The van der Waals surface area contributed by atoms with Crippen LogP contribution >= 0.6 is 24.8 Å². The minimum Gasteiger partial charge on any atom is -0.364 e. The number of pyridine rings is 1. The minimum atomic E-state index is -0.443. The van der Waals surface area contributed by atoms with Gasteiger partial charge in [-0.2, -0.15) is 0 Å². The normalized spacial score (nSPS) is 19.2. The molecule has 1 aliphatic rings. The molecule has 7 nitrogen and oxygen atoms in total. The summed E-state index contributed by atoms with van der Waals surface area (Å²) in [5.41, 5.74) is 6.18. The Bertz CT molecular complexity index is 490. The van der Waals surface area contributed by atoms with Gasteiger partial charge in [0.15, 0.2) is 0 Å². The molecule has 2 amide bonds. The van der Waals surface area contributed by atoms with Crippen molar-refractivity contribution in [3.63, 3.8) is 0 Å². The summed E-state index contributed by atoms with van der Waals surface area (Å²) < 4.78 is 5.48. The highest BCUT2D eigenvalue weighted by molar-refractivity contribution is 5.91. The zero-order valence-electron chi connectivity index (χ0n) is 12.6. The lowest BCUT2D eigenvalue weighted by Gasteiger charge is -2.12. The Kier molecular flexibility index (Phi) is 10.5. The number of ether oxygens (including phenoxy) is 1. The number of nitrogens with one attached hydrogen (secondary N) is 2. The Morgan fingerprint density at radius 3 is 2.57 bits per heavy atom. The molecule has 1 aliphatic heterocycles. The van der Waals surface area contributed by atoms with E-state index in [0.717, 1.165) is 6.42 Å². The first-order valence-corrected chi connectivity index (χ1v) is 7.02. The van der Waals surface area contributed by atoms with E-state index in [2.05, 4.69) is 15.6 Å². The third kappa shape index (κ3) is 7.13. The first-order chi connectivity index (χ1) is 10.2. The maximum Gasteiger partial charge on any atom is 0.249 e. The fourth-order valence-corrected chi connectivity index (χ4v) is 2.14. The van der Waals surface area contributed by atoms with Crippen molar-refractivity contribution in [1.29, 1.82) is 0 Å². The van der Waals surface area contributed by atoms with Crippen molar-refractivity contribution >= 4 is 42.3 Å². The van der Waals surface area contributed by atoms with E-state index in [1.165, 1.54) is 0 Å². The molecule has 130 valence electrons. The van der Waals surface area contributed by atoms with Crippen molar-refractivity contribution in [1.82, 2.24) is 10.3 Å². The average Bonchev–Trinajstić information content (AvgIpc) is 2.97. The van der Waals surface area contributed by atoms with Crippen molar-refractivity contribution in [2.75, 3.05) is 18.4 Å². The molecule has 2 heterocycles. The topological polar surface area (TPSA) is 106 Å². The molecule has 2 rings (SSSR count). The molecule has 23 heavy (non-hydrogen) atoms. The summed E-state index contributed by atoms with van der Waals surface area (Å²) >= 11 is 0. The number of carbonyl (C=O) groups is 2. The summed E-state index contributed by atoms with van der Waals surface area (Å²) in [4.78, 5) is 27.4. The van der Waals surface area contributed by atoms with Crippen molar-refractivity contribution in [2.45, 2.75) is 31.5 Å². The van der Waals surface area contributed by atoms with Gasteiger partial charge in [-0.1, -0.05) is 0 Å². The van der Waals surface area contributed by atoms with Gasteiger partial charge >= 0.3 is 0 Å². The van der Waals surface area contributed by atoms with E-state index >= 15 is 0 Å². The van der Waals surface area contributed by atoms with Gasteiger partial charge in [-0.05, 0) is 25.0 Å². The molecule has 1 fully saturated rings. The number of halogens is 2. The third-order valence-electron chi connectivity index (χ3n) is 3.28. The summed E-state index contributed by atoms with van der Waals surface area (Å²) in [6, 6.07) is 3.41. The predicted octanol–water partition coefficient (Wildman–Crippen LogP) is 0.876. The van der Waals surface area contributed by atoms with Crippen LogP contribution in [0.1, 0.15) is 19.3 Å². The van der Waals surface area contributed by atoms with Crippen molar-refractivity contribution < 1.29 is 14.3 Å². The second-order valence-electron chi connectivity index (χ2n) is 4.88. The number of amides is 2. The average molecular weight is 365 g/mol. The largest absolute Gasteiger partial charge is 0.364 e. The summed E-state index contributed by atoms with van der Waals surface area (Å²) in [6.45, 7) is 0.709. The summed E-state index contributed by atoms with van der Waals surface area (Å²) in [6.07, 6.45) is 4.41. The Hall–Kier alpha value is -1.41. The van der Waals surface area contributed by atoms with Gasteiger partial charge in [0.25, 0.3) is 0 Å². The molecular weight excluding hydrogens is 343 g/mol. The van der Waals surface area contributed by atoms with Crippen LogP contribution in [0.2, 0.25) is 0 Å². The number of anilines is 1. The van der Waals surface area contributed by atoms with Gasteiger partial charge in [0.2, 0.25) is 11.8 Å². The summed E-state index contributed by atoms with van der Waals surface area (Å²) in [5, 5.41) is 5.43. The molecule has 1 aromatic rings. The lowest BCUT2D eigenvalue weighted by atomic mass is 10.2. The fraction of sp³-hybridized carbons (Fsp3) is 0.500. The van der Waals surface area contributed by atoms with Crippen LogP contribution in [0.3, 0.4) is 0 Å². The number of nitrogens with two attached hydrogens (primary N) is 1. The third-order valence-corrected chi connectivity index (χ3v) is 3.28. The van der Waals surface area contributed by atoms with Crippen LogP contribution in [-0.2, 0) is 14.3 Å². The van der Waals surface area contributed by atoms with E-state index in [1.54, 1.807) is 24.5 Å². The maximum atomic E-state index is 11.8. The molecule has 0 radical (unpaired) electrons. The quantitative estimate of drug-likeness (QED) is 0.694. The van der Waals surface area contributed by atoms with E-state index in [0.29, 0.717) is 18.7 Å². The standard InChI is InChI=1S/C14H20N4O3.2ClH/c15-9-11-1-2-12(21-11)14(20)17-8-5-13(19)18-10-3-6-16-7-4-10;;/h3-4,6-7,11-12H,1-2,5,8-9,15H2,(H,17,20)(H,16,18,19);2*1H/t11-,12+;;/m1../s1. The van der Waals surface area contributed by atoms with E-state index < -0.39 is 6.10 Å². The first-order valence-electron chi connectivity index (χ1n) is 7.02. The predicted molar refractivity (Wildman–Crippen MR) is 91.9 cm³/mol. The highest BCUT2D eigenvalue weighted by Gasteiger charge is 2.29. The van der Waals surface area contributed by atoms with Crippen LogP contribution in [0.5, 0.6) is 0 Å². The summed E-state index contributed by atoms with van der Waals surface area (Å²) in [7, 11) is 0. The number of carbonyl (C=O) groups excluding carboxylic acids is 2. The van der Waals surface area contributed by atoms with Gasteiger partial charge in [0.1, 0.15) is 6.10 Å². The molecule has 0 unspecified atom stereocenters. The summed E-state index contributed by atoms with van der Waals surface area (Å²) in [5.74, 6) is -0.337. The molecule has 4 N–H and O–H groups in total. The fourth-order valence-electron chi connectivity index (χ4n) is 2.14. The van der Waals surface area contributed by atoms with Crippen molar-refractivity contribution in [2.24, 2.45) is 5.73 Å². The molecule has 9 heteroatoms. The molecule has 0 spiro atoms. The van der Waals surface area contributed by atoms with E-state index in [-0.39, 0.29) is 55.7 Å². The zero-order valence-corrected chi connectivity index (χ0v) is 14.2. The van der Waals surface area contributed by atoms with Gasteiger partial charge in [0, 0.05) is 37.6 Å². The van der Waals surface area contributed by atoms with Gasteiger partial charge in [-0.25, -0.2) is 0 Å². The number of nitrogens with zero attached hydrogens (tertiary/aromatic N) is 1. The smallest absolute Gasteiger partial charge is 0.249 e. The van der Waals surface area contributed by atoms with Crippen molar-refractivity contribution in [3.8, 4) is 0 Å². The van der Waals surface area contributed by atoms with Crippen LogP contribution in [0.15, 0.2) is 24.5 Å². The van der Waals surface area contributed by atoms with Crippen molar-refractivity contribution in [3.05, 3.63) is 24.5 Å². The van der Waals surface area contributed by atoms with E-state index in [9.17, 15) is 9.59 Å². The zero-order chi connectivity index (χ0) is 15.1. The number of aromatic nitrogens is 1. The maximum absolute atomic E-state index is 11.8. The molecule has 0 saturated carbocycles. The first kappa shape index (κ1) is 21.6. The van der Waals surface area contributed by atoms with Crippen LogP contribution in [0.25, 0.3) is 0 Å². The Morgan fingerprint density at radius 2 is 1.96 bits per heavy atom. The van der Waals surface area contributed by atoms with Crippen LogP contribution in [-0.4, -0.2) is 42.1 Å². The Balaban J connectivity index is 0.00000242. The second-order valence-corrected chi connectivity index (χ2v) is 4.88. The second kappa shape index (κ2) is 11.2. The SMILES string of the molecule is Cl.Cl.NC[C@H]1CC[C@@H](C(=O)NCCC(=O)Nc2ccncc2)O1. The highest BCUT2D eigenvalue weighted by atomic mass is 35.5. The van der Waals surface area contributed by atoms with E-state index in [1.807, 2.05) is 0 Å². The highest BCUT2D eigenvalue weighted by Crippen LogP contribution is 2.18. The molecule has 0 bridgehead atoms. The number of hydrogen-bond acceptors (Lipinski definition) is 5. The van der Waals surface area contributed by atoms with Crippen LogP contribution < -0.4 is 16.4 Å². The van der Waals surface area contributed by atoms with Gasteiger partial charge in [0.05, 0.1) is 6.10 Å². The monoisotopic (exact) mass is 364 g/mol. The van der Waals surface area contributed by atoms with E-state index in [4.69, 9.17) is 10.5 Å². The van der Waals surface area contributed by atoms with Gasteiger partial charge < -0.3 is 21.1 Å². The molecule has 0 aromatic carbocycles. The van der Waals surface area contributed by atoms with Gasteiger partial charge in [-0.3, -0.25) is 14.6 Å². The molecule has 1 saturated heterocycles. The van der Waals surface area contributed by atoms with Crippen LogP contribution in [0, 0.1) is 0 Å². The van der Waals surface area contributed by atoms with Gasteiger partial charge in [-0.15, -0.1) is 24.8 Å². The molecule has 2 atom stereocenters. The number of hydrogen-bond donors (Lipinski definition) is 3. The van der Waals surface area contributed by atoms with Crippen LogP contribution in [0.4, 0.5) is 5.69 Å². The number of rotatable bonds is 6. The lowest BCUT2D eigenvalue weighted by molar-refractivity contribution is -0.131. The Labute approximate surface area is 147 Å². The molecule has 0 aliphatic carbocycles. The Morgan fingerprint density at radius 1 is 1.26 bits per heavy atom. The minimum absolute atomic E-state index is 0.